The molecule has 0 saturated heterocycles. The standard InChI is InChI=1S/C12H11N3O4S/c13-8-9-11(6-3-7-14-9)20(18,19)12-5-2-1-4-10(12)15(16)17/h1-7H,8,13H2. The van der Waals surface area contributed by atoms with E-state index in [0.717, 1.165) is 6.07 Å². The van der Waals surface area contributed by atoms with Gasteiger partial charge in [0.05, 0.1) is 15.5 Å². The third kappa shape index (κ3) is 2.38. The Bertz CT molecular complexity index is 759. The van der Waals surface area contributed by atoms with Crippen LogP contribution in [0.5, 0.6) is 0 Å². The first-order valence-corrected chi connectivity index (χ1v) is 7.09. The van der Waals surface area contributed by atoms with E-state index in [4.69, 9.17) is 5.73 Å². The third-order valence-corrected chi connectivity index (χ3v) is 4.56. The summed E-state index contributed by atoms with van der Waals surface area (Å²) in [6.45, 7) is -0.0734. The summed E-state index contributed by atoms with van der Waals surface area (Å²) in [6, 6.07) is 7.96. The van der Waals surface area contributed by atoms with Gasteiger partial charge in [0.1, 0.15) is 4.90 Å². The van der Waals surface area contributed by atoms with Crippen LogP contribution in [-0.2, 0) is 16.4 Å². The van der Waals surface area contributed by atoms with Gasteiger partial charge >= 0.3 is 0 Å². The maximum Gasteiger partial charge on any atom is 0.288 e. The van der Waals surface area contributed by atoms with E-state index in [-0.39, 0.29) is 22.0 Å². The topological polar surface area (TPSA) is 116 Å². The molecule has 0 aliphatic carbocycles. The molecule has 0 aliphatic heterocycles. The summed E-state index contributed by atoms with van der Waals surface area (Å²) in [4.78, 5) is 13.6. The summed E-state index contributed by atoms with van der Waals surface area (Å²) in [7, 11) is -4.04. The molecular formula is C12H11N3O4S. The lowest BCUT2D eigenvalue weighted by Crippen LogP contribution is -2.11. The maximum atomic E-state index is 12.5. The van der Waals surface area contributed by atoms with E-state index < -0.39 is 20.4 Å². The quantitative estimate of drug-likeness (QED) is 0.670. The van der Waals surface area contributed by atoms with Crippen LogP contribution in [0.2, 0.25) is 0 Å². The number of para-hydroxylation sites is 1. The van der Waals surface area contributed by atoms with Gasteiger partial charge in [-0.25, -0.2) is 8.42 Å². The summed E-state index contributed by atoms with van der Waals surface area (Å²) in [5, 5.41) is 11.0. The number of pyridine rings is 1. The minimum absolute atomic E-state index is 0.0734. The fourth-order valence-electron chi connectivity index (χ4n) is 1.77. The molecule has 2 rings (SSSR count). The Morgan fingerprint density at radius 3 is 2.45 bits per heavy atom. The van der Waals surface area contributed by atoms with E-state index in [1.807, 2.05) is 0 Å². The SMILES string of the molecule is NCc1ncccc1S(=O)(=O)c1ccccc1[N+](=O)[O-]. The molecule has 2 aromatic rings. The zero-order valence-corrected chi connectivity index (χ0v) is 11.1. The van der Waals surface area contributed by atoms with Crippen molar-refractivity contribution in [1.82, 2.24) is 4.98 Å². The number of nitro groups is 1. The maximum absolute atomic E-state index is 12.5. The largest absolute Gasteiger partial charge is 0.325 e. The van der Waals surface area contributed by atoms with Crippen LogP contribution in [0.4, 0.5) is 5.69 Å². The smallest absolute Gasteiger partial charge is 0.288 e. The van der Waals surface area contributed by atoms with Gasteiger partial charge in [-0.3, -0.25) is 15.1 Å². The molecule has 0 saturated carbocycles. The number of hydrogen-bond acceptors (Lipinski definition) is 6. The highest BCUT2D eigenvalue weighted by Crippen LogP contribution is 2.29. The molecule has 0 bridgehead atoms. The summed E-state index contributed by atoms with van der Waals surface area (Å²) < 4.78 is 25.1. The third-order valence-electron chi connectivity index (χ3n) is 2.68. The molecule has 0 fully saturated rings. The van der Waals surface area contributed by atoms with Gasteiger partial charge in [-0.1, -0.05) is 12.1 Å². The van der Waals surface area contributed by atoms with Crippen molar-refractivity contribution in [2.45, 2.75) is 16.3 Å². The number of sulfone groups is 1. The summed E-state index contributed by atoms with van der Waals surface area (Å²) in [5.74, 6) is 0. The molecule has 104 valence electrons. The second-order valence-electron chi connectivity index (χ2n) is 3.88. The molecule has 7 nitrogen and oxygen atoms in total. The molecule has 8 heteroatoms. The molecule has 0 amide bonds. The summed E-state index contributed by atoms with van der Waals surface area (Å²) in [5.41, 5.74) is 5.16. The number of nitrogens with two attached hydrogens (primary N) is 1. The van der Waals surface area contributed by atoms with Gasteiger partial charge in [-0.15, -0.1) is 0 Å². The second kappa shape index (κ2) is 5.35. The summed E-state index contributed by atoms with van der Waals surface area (Å²) in [6.07, 6.45) is 1.42. The predicted octanol–water partition coefficient (Wildman–Crippen LogP) is 1.28. The van der Waals surface area contributed by atoms with Crippen LogP contribution >= 0.6 is 0 Å². The fourth-order valence-corrected chi connectivity index (χ4v) is 3.39. The number of nitrogens with zero attached hydrogens (tertiary/aromatic N) is 2. The first kappa shape index (κ1) is 14.1. The lowest BCUT2D eigenvalue weighted by Gasteiger charge is -2.08. The van der Waals surface area contributed by atoms with Crippen molar-refractivity contribution in [3.05, 3.63) is 58.4 Å². The van der Waals surface area contributed by atoms with Crippen LogP contribution < -0.4 is 5.73 Å². The highest BCUT2D eigenvalue weighted by atomic mass is 32.2. The first-order valence-electron chi connectivity index (χ1n) is 5.61. The fraction of sp³-hybridized carbons (Fsp3) is 0.0833. The summed E-state index contributed by atoms with van der Waals surface area (Å²) >= 11 is 0. The van der Waals surface area contributed by atoms with Crippen LogP contribution in [0, 0.1) is 10.1 Å². The normalized spacial score (nSPS) is 11.2. The Labute approximate surface area is 115 Å². The van der Waals surface area contributed by atoms with Gasteiger partial charge in [0.2, 0.25) is 9.84 Å². The average molecular weight is 293 g/mol. The van der Waals surface area contributed by atoms with Gasteiger partial charge in [0.15, 0.2) is 0 Å². The van der Waals surface area contributed by atoms with Gasteiger partial charge in [0, 0.05) is 18.8 Å². The van der Waals surface area contributed by atoms with Crippen molar-refractivity contribution in [2.24, 2.45) is 5.73 Å². The second-order valence-corrected chi connectivity index (χ2v) is 5.77. The van der Waals surface area contributed by atoms with E-state index >= 15 is 0 Å². The van der Waals surface area contributed by atoms with Crippen molar-refractivity contribution in [3.8, 4) is 0 Å². The predicted molar refractivity (Wildman–Crippen MR) is 70.7 cm³/mol. The molecule has 1 aromatic heterocycles. The van der Waals surface area contributed by atoms with Crippen LogP contribution in [0.15, 0.2) is 52.4 Å². The monoisotopic (exact) mass is 293 g/mol. The molecule has 0 atom stereocenters. The molecule has 0 radical (unpaired) electrons. The molecule has 1 aromatic carbocycles. The van der Waals surface area contributed by atoms with Crippen LogP contribution in [0.1, 0.15) is 5.69 Å². The molecule has 1 heterocycles. The van der Waals surface area contributed by atoms with E-state index in [9.17, 15) is 18.5 Å². The zero-order chi connectivity index (χ0) is 14.8. The van der Waals surface area contributed by atoms with E-state index in [1.54, 1.807) is 0 Å². The molecule has 0 unspecified atom stereocenters. The highest BCUT2D eigenvalue weighted by Gasteiger charge is 2.28. The number of aromatic nitrogens is 1. The van der Waals surface area contributed by atoms with E-state index in [2.05, 4.69) is 4.98 Å². The Kier molecular flexibility index (Phi) is 3.77. The molecule has 0 spiro atoms. The van der Waals surface area contributed by atoms with Crippen molar-refractivity contribution in [2.75, 3.05) is 0 Å². The van der Waals surface area contributed by atoms with Crippen molar-refractivity contribution in [1.29, 1.82) is 0 Å². The van der Waals surface area contributed by atoms with Crippen LogP contribution in [0.3, 0.4) is 0 Å². The number of benzene rings is 1. The highest BCUT2D eigenvalue weighted by molar-refractivity contribution is 7.91. The number of hydrogen-bond donors (Lipinski definition) is 1. The van der Waals surface area contributed by atoms with Gasteiger partial charge in [0.25, 0.3) is 5.69 Å². The Balaban J connectivity index is 2.71. The Morgan fingerprint density at radius 1 is 1.15 bits per heavy atom. The van der Waals surface area contributed by atoms with Crippen molar-refractivity contribution >= 4 is 15.5 Å². The van der Waals surface area contributed by atoms with Gasteiger partial charge < -0.3 is 5.73 Å². The first-order chi connectivity index (χ1) is 9.48. The zero-order valence-electron chi connectivity index (χ0n) is 10.3. The molecule has 0 aliphatic rings. The minimum atomic E-state index is -4.04. The van der Waals surface area contributed by atoms with Crippen molar-refractivity contribution < 1.29 is 13.3 Å². The average Bonchev–Trinajstić information content (AvgIpc) is 2.47. The van der Waals surface area contributed by atoms with Crippen LogP contribution in [0.25, 0.3) is 0 Å². The molecule has 2 N–H and O–H groups in total. The Hall–Kier alpha value is -2.32. The lowest BCUT2D eigenvalue weighted by atomic mass is 10.3. The van der Waals surface area contributed by atoms with E-state index in [1.165, 1.54) is 36.5 Å². The van der Waals surface area contributed by atoms with Crippen LogP contribution in [-0.4, -0.2) is 18.3 Å². The minimum Gasteiger partial charge on any atom is -0.325 e. The van der Waals surface area contributed by atoms with Gasteiger partial charge in [-0.05, 0) is 18.2 Å². The molecule has 20 heavy (non-hydrogen) atoms. The number of rotatable bonds is 4. The van der Waals surface area contributed by atoms with Crippen molar-refractivity contribution in [3.63, 3.8) is 0 Å². The lowest BCUT2D eigenvalue weighted by molar-refractivity contribution is -0.387. The Morgan fingerprint density at radius 2 is 1.80 bits per heavy atom. The number of nitro benzene ring substituents is 1. The van der Waals surface area contributed by atoms with Gasteiger partial charge in [-0.2, -0.15) is 0 Å². The molecular weight excluding hydrogens is 282 g/mol. The van der Waals surface area contributed by atoms with E-state index in [0.29, 0.717) is 0 Å².